The van der Waals surface area contributed by atoms with Crippen molar-refractivity contribution in [2.45, 2.75) is 31.6 Å². The zero-order chi connectivity index (χ0) is 13.6. The molecule has 0 radical (unpaired) electrons. The van der Waals surface area contributed by atoms with Crippen LogP contribution >= 0.6 is 0 Å². The molecule has 0 bridgehead atoms. The normalized spacial score (nSPS) is 11.2. The molecule has 0 aromatic heterocycles. The largest absolute Gasteiger partial charge is 0.326 e. The van der Waals surface area contributed by atoms with Crippen molar-refractivity contribution in [2.75, 3.05) is 11.9 Å². The van der Waals surface area contributed by atoms with Gasteiger partial charge in [0.2, 0.25) is 15.9 Å². The van der Waals surface area contributed by atoms with Gasteiger partial charge in [0.25, 0.3) is 0 Å². The van der Waals surface area contributed by atoms with E-state index < -0.39 is 10.0 Å². The molecule has 0 fully saturated rings. The average Bonchev–Trinajstić information content (AvgIpc) is 2.30. The Morgan fingerprint density at radius 1 is 1.17 bits per heavy atom. The summed E-state index contributed by atoms with van der Waals surface area (Å²) < 4.78 is 25.7. The van der Waals surface area contributed by atoms with Gasteiger partial charge in [-0.25, -0.2) is 13.1 Å². The highest BCUT2D eigenvalue weighted by Gasteiger charge is 2.12. The zero-order valence-corrected chi connectivity index (χ0v) is 11.4. The predicted molar refractivity (Wildman–Crippen MR) is 70.8 cm³/mol. The topological polar surface area (TPSA) is 75.3 Å². The van der Waals surface area contributed by atoms with Crippen LogP contribution in [0.4, 0.5) is 5.69 Å². The van der Waals surface area contributed by atoms with E-state index in [0.717, 1.165) is 6.42 Å². The summed E-state index contributed by atoms with van der Waals surface area (Å²) in [6.45, 7) is 3.99. The van der Waals surface area contributed by atoms with Crippen LogP contribution in [0.2, 0.25) is 0 Å². The van der Waals surface area contributed by atoms with Gasteiger partial charge in [0.15, 0.2) is 0 Å². The Morgan fingerprint density at radius 2 is 1.78 bits per heavy atom. The fourth-order valence-corrected chi connectivity index (χ4v) is 2.48. The van der Waals surface area contributed by atoms with Crippen molar-refractivity contribution >= 4 is 21.6 Å². The van der Waals surface area contributed by atoms with Gasteiger partial charge in [0.05, 0.1) is 4.90 Å². The molecule has 0 atom stereocenters. The van der Waals surface area contributed by atoms with Gasteiger partial charge in [0.1, 0.15) is 0 Å². The van der Waals surface area contributed by atoms with Crippen LogP contribution in [0.15, 0.2) is 29.2 Å². The number of hydrogen-bond donors (Lipinski definition) is 2. The number of amides is 1. The summed E-state index contributed by atoms with van der Waals surface area (Å²) in [5, 5.41) is 2.70. The molecule has 0 aliphatic rings. The molecule has 1 aromatic carbocycles. The molecule has 2 N–H and O–H groups in total. The van der Waals surface area contributed by atoms with Gasteiger partial charge in [-0.1, -0.05) is 13.8 Å². The van der Waals surface area contributed by atoms with E-state index in [2.05, 4.69) is 10.0 Å². The summed E-state index contributed by atoms with van der Waals surface area (Å²) in [5.74, 6) is -0.0696. The van der Waals surface area contributed by atoms with Crippen molar-refractivity contribution in [2.24, 2.45) is 0 Å². The number of nitrogens with one attached hydrogen (secondary N) is 2. The van der Waals surface area contributed by atoms with Crippen LogP contribution in [-0.4, -0.2) is 20.9 Å². The Morgan fingerprint density at radius 3 is 2.28 bits per heavy atom. The monoisotopic (exact) mass is 270 g/mol. The molecular weight excluding hydrogens is 252 g/mol. The molecular formula is C12H18N2O3S. The van der Waals surface area contributed by atoms with Crippen molar-refractivity contribution in [1.82, 2.24) is 4.72 Å². The molecule has 1 aromatic rings. The molecule has 0 spiro atoms. The standard InChI is InChI=1S/C12H18N2O3S/c1-3-5-12(15)14-10-6-8-11(9-7-10)18(16,17)13-4-2/h6-9,13H,3-5H2,1-2H3,(H,14,15). The van der Waals surface area contributed by atoms with Crippen molar-refractivity contribution in [3.05, 3.63) is 24.3 Å². The van der Waals surface area contributed by atoms with E-state index in [-0.39, 0.29) is 10.8 Å². The molecule has 1 amide bonds. The summed E-state index contributed by atoms with van der Waals surface area (Å²) in [6, 6.07) is 6.11. The lowest BCUT2D eigenvalue weighted by Crippen LogP contribution is -2.23. The van der Waals surface area contributed by atoms with E-state index in [4.69, 9.17) is 0 Å². The molecule has 0 saturated heterocycles. The van der Waals surface area contributed by atoms with Gasteiger partial charge in [-0.05, 0) is 30.7 Å². The van der Waals surface area contributed by atoms with Crippen molar-refractivity contribution in [3.8, 4) is 0 Å². The Bertz CT molecular complexity index is 495. The van der Waals surface area contributed by atoms with Crippen LogP contribution in [0.3, 0.4) is 0 Å². The molecule has 6 heteroatoms. The first-order chi connectivity index (χ1) is 8.49. The van der Waals surface area contributed by atoms with Crippen molar-refractivity contribution in [1.29, 1.82) is 0 Å². The molecule has 100 valence electrons. The Balaban J connectivity index is 2.77. The van der Waals surface area contributed by atoms with E-state index in [1.54, 1.807) is 19.1 Å². The van der Waals surface area contributed by atoms with Crippen LogP contribution in [0, 0.1) is 0 Å². The fourth-order valence-electron chi connectivity index (χ4n) is 1.44. The molecule has 0 unspecified atom stereocenters. The number of hydrogen-bond acceptors (Lipinski definition) is 3. The summed E-state index contributed by atoms with van der Waals surface area (Å²) >= 11 is 0. The van der Waals surface area contributed by atoms with Crippen LogP contribution in [0.5, 0.6) is 0 Å². The van der Waals surface area contributed by atoms with E-state index in [0.29, 0.717) is 18.7 Å². The van der Waals surface area contributed by atoms with Gasteiger partial charge in [-0.2, -0.15) is 0 Å². The summed E-state index contributed by atoms with van der Waals surface area (Å²) in [6.07, 6.45) is 1.23. The third kappa shape index (κ3) is 4.12. The van der Waals surface area contributed by atoms with Gasteiger partial charge in [0, 0.05) is 18.7 Å². The van der Waals surface area contributed by atoms with Gasteiger partial charge in [-0.15, -0.1) is 0 Å². The molecule has 5 nitrogen and oxygen atoms in total. The van der Waals surface area contributed by atoms with Crippen molar-refractivity contribution in [3.63, 3.8) is 0 Å². The second-order valence-corrected chi connectivity index (χ2v) is 5.59. The molecule has 0 aliphatic carbocycles. The maximum absolute atomic E-state index is 11.7. The SMILES string of the molecule is CCCC(=O)Nc1ccc(S(=O)(=O)NCC)cc1. The lowest BCUT2D eigenvalue weighted by molar-refractivity contribution is -0.116. The quantitative estimate of drug-likeness (QED) is 0.826. The third-order valence-electron chi connectivity index (χ3n) is 2.26. The van der Waals surface area contributed by atoms with Crippen LogP contribution < -0.4 is 10.0 Å². The number of benzene rings is 1. The highest BCUT2D eigenvalue weighted by Crippen LogP contribution is 2.14. The van der Waals surface area contributed by atoms with Gasteiger partial charge < -0.3 is 5.32 Å². The first kappa shape index (κ1) is 14.7. The predicted octanol–water partition coefficient (Wildman–Crippen LogP) is 1.72. The lowest BCUT2D eigenvalue weighted by atomic mass is 10.3. The van der Waals surface area contributed by atoms with Crippen LogP contribution in [0.25, 0.3) is 0 Å². The lowest BCUT2D eigenvalue weighted by Gasteiger charge is -2.07. The van der Waals surface area contributed by atoms with E-state index in [1.807, 2.05) is 6.92 Å². The minimum atomic E-state index is -3.43. The highest BCUT2D eigenvalue weighted by molar-refractivity contribution is 7.89. The van der Waals surface area contributed by atoms with Gasteiger partial charge in [-0.3, -0.25) is 4.79 Å². The summed E-state index contributed by atoms with van der Waals surface area (Å²) in [7, 11) is -3.43. The number of carbonyl (C=O) groups excluding carboxylic acids is 1. The third-order valence-corrected chi connectivity index (χ3v) is 3.82. The summed E-state index contributed by atoms with van der Waals surface area (Å²) in [4.78, 5) is 11.5. The average molecular weight is 270 g/mol. The molecule has 18 heavy (non-hydrogen) atoms. The zero-order valence-electron chi connectivity index (χ0n) is 10.6. The number of sulfonamides is 1. The highest BCUT2D eigenvalue weighted by atomic mass is 32.2. The van der Waals surface area contributed by atoms with E-state index in [9.17, 15) is 13.2 Å². The van der Waals surface area contributed by atoms with E-state index >= 15 is 0 Å². The smallest absolute Gasteiger partial charge is 0.240 e. The van der Waals surface area contributed by atoms with Crippen LogP contribution in [0.1, 0.15) is 26.7 Å². The molecule has 0 saturated carbocycles. The second-order valence-electron chi connectivity index (χ2n) is 3.82. The maximum Gasteiger partial charge on any atom is 0.240 e. The minimum absolute atomic E-state index is 0.0696. The summed E-state index contributed by atoms with van der Waals surface area (Å²) in [5.41, 5.74) is 0.601. The molecule has 1 rings (SSSR count). The Labute approximate surface area is 108 Å². The van der Waals surface area contributed by atoms with E-state index in [1.165, 1.54) is 12.1 Å². The Kier molecular flexibility index (Phi) is 5.30. The Hall–Kier alpha value is -1.40. The number of anilines is 1. The maximum atomic E-state index is 11.7. The van der Waals surface area contributed by atoms with Crippen LogP contribution in [-0.2, 0) is 14.8 Å². The van der Waals surface area contributed by atoms with Crippen molar-refractivity contribution < 1.29 is 13.2 Å². The number of rotatable bonds is 6. The first-order valence-electron chi connectivity index (χ1n) is 5.89. The first-order valence-corrected chi connectivity index (χ1v) is 7.37. The van der Waals surface area contributed by atoms with Gasteiger partial charge >= 0.3 is 0 Å². The second kappa shape index (κ2) is 6.51. The molecule has 0 heterocycles. The minimum Gasteiger partial charge on any atom is -0.326 e. The molecule has 0 aliphatic heterocycles. The fraction of sp³-hybridized carbons (Fsp3) is 0.417. The number of carbonyl (C=O) groups is 1.